The fourth-order valence-electron chi connectivity index (χ4n) is 4.24. The van der Waals surface area contributed by atoms with E-state index in [4.69, 9.17) is 19.3 Å². The average Bonchev–Trinajstić information content (AvgIpc) is 2.93. The molecular weight excluding hydrogens is 626 g/mol. The van der Waals surface area contributed by atoms with Crippen molar-refractivity contribution in [3.8, 4) is 11.5 Å². The smallest absolute Gasteiger partial charge is 0.249 e. The summed E-state index contributed by atoms with van der Waals surface area (Å²) in [6.45, 7) is -0.813. The number of rotatable bonds is 12. The summed E-state index contributed by atoms with van der Waals surface area (Å²) in [6, 6.07) is 7.99. The third kappa shape index (κ3) is 7.53. The van der Waals surface area contributed by atoms with Gasteiger partial charge in [0, 0.05) is 43.3 Å². The maximum Gasteiger partial charge on any atom is 0.249 e. The Hall–Kier alpha value is -3.07. The second-order valence-electron chi connectivity index (χ2n) is 8.71. The molecule has 12 heteroatoms. The Bertz CT molecular complexity index is 1220. The van der Waals surface area contributed by atoms with Gasteiger partial charge in [-0.3, -0.25) is 14.4 Å². The van der Waals surface area contributed by atoms with Gasteiger partial charge in [-0.1, -0.05) is 18.2 Å². The second kappa shape index (κ2) is 14.4. The number of carbonyl (C=O) groups is 3. The van der Waals surface area contributed by atoms with Crippen LogP contribution in [0.15, 0.2) is 48.0 Å². The minimum Gasteiger partial charge on any atom is -0.493 e. The summed E-state index contributed by atoms with van der Waals surface area (Å²) in [5.74, 6) is -1.11. The zero-order chi connectivity index (χ0) is 28.5. The number of halogens is 2. The van der Waals surface area contributed by atoms with E-state index in [1.54, 1.807) is 12.1 Å². The van der Waals surface area contributed by atoms with Gasteiger partial charge in [-0.25, -0.2) is 4.39 Å². The first-order valence-electron chi connectivity index (χ1n) is 12.0. The number of nitrogens with one attached hydrogen (secondary N) is 1. The van der Waals surface area contributed by atoms with Crippen molar-refractivity contribution in [2.45, 2.75) is 31.2 Å². The molecule has 0 aliphatic heterocycles. The van der Waals surface area contributed by atoms with Crippen molar-refractivity contribution in [1.82, 2.24) is 10.2 Å². The van der Waals surface area contributed by atoms with Crippen molar-refractivity contribution in [3.05, 3.63) is 68.6 Å². The van der Waals surface area contributed by atoms with Crippen LogP contribution in [0.3, 0.4) is 0 Å². The Morgan fingerprint density at radius 2 is 2.00 bits per heavy atom. The molecule has 10 nitrogen and oxygen atoms in total. The molecule has 0 saturated heterocycles. The van der Waals surface area contributed by atoms with Crippen molar-refractivity contribution < 1.29 is 43.2 Å². The Morgan fingerprint density at radius 3 is 2.64 bits per heavy atom. The van der Waals surface area contributed by atoms with E-state index in [1.807, 2.05) is 22.6 Å². The summed E-state index contributed by atoms with van der Waals surface area (Å²) < 4.78 is 31.7. The monoisotopic (exact) mass is 656 g/mol. The standard InChI is InChI=1S/C27H30FIN2O8/c1-37-15-24(34)31(13-17-5-3-4-6-19(17)28)21-11-18(27(36)30-7-8-32)12-22(25(21)35)39-26-20(29)9-16(14-33)10-23(26)38-2/h3-6,9-10,12,14,21-22,25,32,35H,7-8,11,13,15H2,1-2H3,(H,30,36). The van der Waals surface area contributed by atoms with Crippen molar-refractivity contribution in [2.24, 2.45) is 0 Å². The third-order valence-electron chi connectivity index (χ3n) is 6.14. The summed E-state index contributed by atoms with van der Waals surface area (Å²) in [5.41, 5.74) is 0.769. The van der Waals surface area contributed by atoms with E-state index in [2.05, 4.69) is 5.32 Å². The first-order chi connectivity index (χ1) is 18.7. The Morgan fingerprint density at radius 1 is 1.26 bits per heavy atom. The molecule has 1 aliphatic carbocycles. The molecule has 2 aromatic carbocycles. The van der Waals surface area contributed by atoms with Crippen molar-refractivity contribution in [3.63, 3.8) is 0 Å². The maximum absolute atomic E-state index is 14.6. The fraction of sp³-hybridized carbons (Fsp3) is 0.370. The number of aldehydes is 1. The predicted octanol–water partition coefficient (Wildman–Crippen LogP) is 1.84. The maximum atomic E-state index is 14.6. The van der Waals surface area contributed by atoms with Gasteiger partial charge in [0.25, 0.3) is 0 Å². The first-order valence-corrected chi connectivity index (χ1v) is 13.1. The highest BCUT2D eigenvalue weighted by atomic mass is 127. The number of methoxy groups -OCH3 is 2. The van der Waals surface area contributed by atoms with Gasteiger partial charge in [-0.15, -0.1) is 0 Å². The van der Waals surface area contributed by atoms with E-state index in [1.165, 1.54) is 49.5 Å². The molecule has 0 fully saturated rings. The molecule has 210 valence electrons. The molecule has 2 amide bonds. The first kappa shape index (κ1) is 30.5. The lowest BCUT2D eigenvalue weighted by molar-refractivity contribution is -0.143. The van der Waals surface area contributed by atoms with Crippen LogP contribution in [0.5, 0.6) is 11.5 Å². The van der Waals surface area contributed by atoms with Gasteiger partial charge < -0.3 is 34.6 Å². The van der Waals surface area contributed by atoms with Gasteiger partial charge in [-0.2, -0.15) is 0 Å². The van der Waals surface area contributed by atoms with Gasteiger partial charge >= 0.3 is 0 Å². The van der Waals surface area contributed by atoms with Crippen LogP contribution in [0.2, 0.25) is 0 Å². The summed E-state index contributed by atoms with van der Waals surface area (Å²) in [6.07, 6.45) is -0.453. The molecule has 3 unspecified atom stereocenters. The molecule has 0 aromatic heterocycles. The normalized spacial score (nSPS) is 18.6. The highest BCUT2D eigenvalue weighted by Crippen LogP contribution is 2.37. The third-order valence-corrected chi connectivity index (χ3v) is 6.94. The SMILES string of the molecule is COCC(=O)N(Cc1ccccc1F)C1CC(C(=O)NCCO)=CC(Oc2c(I)cc(C=O)cc2OC)C1O. The van der Waals surface area contributed by atoms with Crippen LogP contribution in [0, 0.1) is 9.39 Å². The predicted molar refractivity (Wildman–Crippen MR) is 147 cm³/mol. The van der Waals surface area contributed by atoms with Crippen LogP contribution in [0.25, 0.3) is 0 Å². The molecule has 3 N–H and O–H groups in total. The number of benzene rings is 2. The number of hydrogen-bond acceptors (Lipinski definition) is 8. The number of nitrogens with zero attached hydrogens (tertiary/aromatic N) is 1. The minimum atomic E-state index is -1.35. The lowest BCUT2D eigenvalue weighted by Gasteiger charge is -2.40. The summed E-state index contributed by atoms with van der Waals surface area (Å²) in [7, 11) is 2.74. The van der Waals surface area contributed by atoms with Crippen LogP contribution >= 0.6 is 22.6 Å². The van der Waals surface area contributed by atoms with Crippen LogP contribution in [0.1, 0.15) is 22.3 Å². The van der Waals surface area contributed by atoms with Gasteiger partial charge in [0.15, 0.2) is 11.5 Å². The number of amides is 2. The minimum absolute atomic E-state index is 0.00462. The molecule has 0 heterocycles. The molecule has 0 saturated carbocycles. The Balaban J connectivity index is 2.05. The van der Waals surface area contributed by atoms with Crippen LogP contribution in [-0.4, -0.2) is 85.4 Å². The number of hydrogen-bond donors (Lipinski definition) is 3. The van der Waals surface area contributed by atoms with Gasteiger partial charge in [0.05, 0.1) is 23.3 Å². The van der Waals surface area contributed by atoms with E-state index in [0.717, 1.165) is 0 Å². The molecule has 39 heavy (non-hydrogen) atoms. The van der Waals surface area contributed by atoms with E-state index < -0.39 is 35.9 Å². The van der Waals surface area contributed by atoms with Gasteiger partial charge in [0.1, 0.15) is 30.9 Å². The van der Waals surface area contributed by atoms with Crippen molar-refractivity contribution >= 4 is 40.7 Å². The molecular formula is C27H30FIN2O8. The average molecular weight is 656 g/mol. The zero-order valence-electron chi connectivity index (χ0n) is 21.4. The topological polar surface area (TPSA) is 135 Å². The summed E-state index contributed by atoms with van der Waals surface area (Å²) in [5, 5.41) is 23.2. The zero-order valence-corrected chi connectivity index (χ0v) is 23.6. The molecule has 3 atom stereocenters. The molecule has 1 aliphatic rings. The van der Waals surface area contributed by atoms with E-state index in [9.17, 15) is 23.9 Å². The molecule has 3 rings (SSSR count). The Kier molecular flexibility index (Phi) is 11.2. The van der Waals surface area contributed by atoms with Crippen molar-refractivity contribution in [2.75, 3.05) is 34.0 Å². The van der Waals surface area contributed by atoms with Gasteiger partial charge in [-0.05, 0) is 46.9 Å². The lowest BCUT2D eigenvalue weighted by atomic mass is 9.87. The number of ether oxygens (including phenoxy) is 3. The van der Waals surface area contributed by atoms with Gasteiger partial charge in [0.2, 0.25) is 11.8 Å². The van der Waals surface area contributed by atoms with E-state index in [0.29, 0.717) is 15.4 Å². The van der Waals surface area contributed by atoms with E-state index in [-0.39, 0.29) is 55.4 Å². The van der Waals surface area contributed by atoms with Crippen LogP contribution < -0.4 is 14.8 Å². The highest BCUT2D eigenvalue weighted by molar-refractivity contribution is 14.1. The van der Waals surface area contributed by atoms with Crippen LogP contribution in [-0.2, 0) is 20.9 Å². The highest BCUT2D eigenvalue weighted by Gasteiger charge is 2.41. The molecule has 0 radical (unpaired) electrons. The second-order valence-corrected chi connectivity index (χ2v) is 9.88. The number of carbonyl (C=O) groups excluding carboxylic acids is 3. The quantitative estimate of drug-likeness (QED) is 0.233. The van der Waals surface area contributed by atoms with E-state index >= 15 is 0 Å². The Labute approximate surface area is 238 Å². The largest absolute Gasteiger partial charge is 0.493 e. The number of aliphatic hydroxyl groups is 2. The molecule has 2 aromatic rings. The number of aliphatic hydroxyl groups excluding tert-OH is 2. The summed E-state index contributed by atoms with van der Waals surface area (Å²) >= 11 is 1.96. The van der Waals surface area contributed by atoms with Crippen molar-refractivity contribution in [1.29, 1.82) is 0 Å². The fourth-order valence-corrected chi connectivity index (χ4v) is 5.00. The summed E-state index contributed by atoms with van der Waals surface area (Å²) in [4.78, 5) is 38.7. The van der Waals surface area contributed by atoms with Crippen LogP contribution in [0.4, 0.5) is 4.39 Å². The molecule has 0 spiro atoms. The molecule has 0 bridgehead atoms. The lowest BCUT2D eigenvalue weighted by Crippen LogP contribution is -2.55.